The van der Waals surface area contributed by atoms with Crippen molar-refractivity contribution in [1.82, 2.24) is 4.90 Å². The van der Waals surface area contributed by atoms with E-state index in [2.05, 4.69) is 0 Å². The second kappa shape index (κ2) is 6.68. The van der Waals surface area contributed by atoms with Crippen LogP contribution >= 0.6 is 0 Å². The molecule has 0 fully saturated rings. The number of hydrogen-bond donors (Lipinski definition) is 0. The largest absolute Gasteiger partial charge is 0.492 e. The fourth-order valence-corrected chi connectivity index (χ4v) is 1.21. The monoisotopic (exact) mass is 237 g/mol. The van der Waals surface area contributed by atoms with Gasteiger partial charge in [-0.2, -0.15) is 0 Å². The number of carbonyl (C=O) groups is 1. The first-order valence-corrected chi connectivity index (χ1v) is 5.39. The maximum atomic E-state index is 12.6. The maximum absolute atomic E-state index is 12.6. The van der Waals surface area contributed by atoms with Crippen LogP contribution in [0.15, 0.2) is 36.4 Å². The Kier molecular flexibility index (Phi) is 5.20. The molecule has 1 rings (SSSR count). The second-order valence-corrected chi connectivity index (χ2v) is 3.56. The standard InChI is InChI=1S/C13H16FNO2/c1-3-4-13(16)15(2)9-10-17-12-7-5-11(14)6-8-12/h3-8H,9-10H2,1-2H3. The van der Waals surface area contributed by atoms with Crippen molar-refractivity contribution in [2.45, 2.75) is 6.92 Å². The number of amides is 1. The molecule has 0 atom stereocenters. The quantitative estimate of drug-likeness (QED) is 0.735. The molecule has 0 spiro atoms. The van der Waals surface area contributed by atoms with Crippen LogP contribution in [0, 0.1) is 5.82 Å². The average molecular weight is 237 g/mol. The van der Waals surface area contributed by atoms with Gasteiger partial charge in [0.25, 0.3) is 0 Å². The van der Waals surface area contributed by atoms with Gasteiger partial charge in [0.1, 0.15) is 18.2 Å². The van der Waals surface area contributed by atoms with Gasteiger partial charge in [-0.3, -0.25) is 4.79 Å². The number of halogens is 1. The summed E-state index contributed by atoms with van der Waals surface area (Å²) >= 11 is 0. The van der Waals surface area contributed by atoms with E-state index >= 15 is 0 Å². The first kappa shape index (κ1) is 13.2. The molecule has 0 bridgehead atoms. The molecule has 17 heavy (non-hydrogen) atoms. The Bertz CT molecular complexity index is 387. The lowest BCUT2D eigenvalue weighted by molar-refractivity contribution is -0.125. The molecular formula is C13H16FNO2. The van der Waals surface area contributed by atoms with Crippen molar-refractivity contribution in [3.05, 3.63) is 42.2 Å². The van der Waals surface area contributed by atoms with Crippen molar-refractivity contribution in [1.29, 1.82) is 0 Å². The lowest BCUT2D eigenvalue weighted by Crippen LogP contribution is -2.29. The molecule has 4 heteroatoms. The first-order valence-electron chi connectivity index (χ1n) is 5.39. The molecule has 0 aliphatic rings. The van der Waals surface area contributed by atoms with Gasteiger partial charge in [-0.1, -0.05) is 6.08 Å². The molecule has 0 aliphatic carbocycles. The van der Waals surface area contributed by atoms with Crippen molar-refractivity contribution in [3.8, 4) is 5.75 Å². The van der Waals surface area contributed by atoms with E-state index in [4.69, 9.17) is 4.74 Å². The summed E-state index contributed by atoms with van der Waals surface area (Å²) in [5.74, 6) is 0.242. The van der Waals surface area contributed by atoms with E-state index in [1.807, 2.05) is 0 Å². The zero-order valence-electron chi connectivity index (χ0n) is 10.0. The maximum Gasteiger partial charge on any atom is 0.246 e. The van der Waals surface area contributed by atoms with Crippen LogP contribution < -0.4 is 4.74 Å². The molecule has 1 amide bonds. The number of ether oxygens (including phenoxy) is 1. The van der Waals surface area contributed by atoms with Gasteiger partial charge < -0.3 is 9.64 Å². The smallest absolute Gasteiger partial charge is 0.246 e. The molecule has 3 nitrogen and oxygen atoms in total. The summed E-state index contributed by atoms with van der Waals surface area (Å²) in [6.45, 7) is 2.66. The molecule has 0 N–H and O–H groups in total. The fourth-order valence-electron chi connectivity index (χ4n) is 1.21. The van der Waals surface area contributed by atoms with E-state index in [1.54, 1.807) is 37.1 Å². The van der Waals surface area contributed by atoms with Gasteiger partial charge in [0, 0.05) is 7.05 Å². The highest BCUT2D eigenvalue weighted by Crippen LogP contribution is 2.10. The van der Waals surface area contributed by atoms with Gasteiger partial charge in [-0.05, 0) is 37.3 Å². The molecule has 1 aromatic carbocycles. The van der Waals surface area contributed by atoms with Crippen LogP contribution in [0.25, 0.3) is 0 Å². The fraction of sp³-hybridized carbons (Fsp3) is 0.308. The van der Waals surface area contributed by atoms with Gasteiger partial charge in [0.05, 0.1) is 6.54 Å². The van der Waals surface area contributed by atoms with E-state index in [0.29, 0.717) is 18.9 Å². The highest BCUT2D eigenvalue weighted by Gasteiger charge is 2.04. The first-order chi connectivity index (χ1) is 8.13. The summed E-state index contributed by atoms with van der Waals surface area (Å²) in [7, 11) is 1.70. The number of likely N-dealkylation sites (N-methyl/N-ethyl adjacent to an activating group) is 1. The third-order valence-electron chi connectivity index (χ3n) is 2.19. The molecule has 1 aromatic rings. The van der Waals surface area contributed by atoms with Gasteiger partial charge in [0.15, 0.2) is 0 Å². The summed E-state index contributed by atoms with van der Waals surface area (Å²) in [5.41, 5.74) is 0. The van der Waals surface area contributed by atoms with Crippen LogP contribution in [-0.4, -0.2) is 31.0 Å². The summed E-state index contributed by atoms with van der Waals surface area (Å²) in [6, 6.07) is 5.79. The summed E-state index contributed by atoms with van der Waals surface area (Å²) in [5, 5.41) is 0. The predicted octanol–water partition coefficient (Wildman–Crippen LogP) is 2.24. The highest BCUT2D eigenvalue weighted by molar-refractivity contribution is 5.87. The Morgan fingerprint density at radius 2 is 2.06 bits per heavy atom. The number of benzene rings is 1. The Hall–Kier alpha value is -1.84. The van der Waals surface area contributed by atoms with Gasteiger partial charge in [-0.25, -0.2) is 4.39 Å². The van der Waals surface area contributed by atoms with E-state index < -0.39 is 0 Å². The van der Waals surface area contributed by atoms with Crippen LogP contribution in [0.1, 0.15) is 6.92 Å². The normalized spacial score (nSPS) is 10.5. The van der Waals surface area contributed by atoms with Crippen molar-refractivity contribution in [3.63, 3.8) is 0 Å². The molecule has 0 aromatic heterocycles. The lowest BCUT2D eigenvalue weighted by atomic mass is 10.3. The van der Waals surface area contributed by atoms with Gasteiger partial charge in [-0.15, -0.1) is 0 Å². The van der Waals surface area contributed by atoms with Crippen molar-refractivity contribution < 1.29 is 13.9 Å². The molecule has 0 saturated carbocycles. The van der Waals surface area contributed by atoms with E-state index in [0.717, 1.165) is 0 Å². The van der Waals surface area contributed by atoms with Crippen molar-refractivity contribution in [2.24, 2.45) is 0 Å². The van der Waals surface area contributed by atoms with Crippen molar-refractivity contribution >= 4 is 5.91 Å². The molecule has 0 saturated heterocycles. The zero-order valence-corrected chi connectivity index (χ0v) is 10.0. The number of nitrogens with zero attached hydrogens (tertiary/aromatic N) is 1. The number of allylic oxidation sites excluding steroid dienone is 1. The Morgan fingerprint density at radius 3 is 2.65 bits per heavy atom. The highest BCUT2D eigenvalue weighted by atomic mass is 19.1. The lowest BCUT2D eigenvalue weighted by Gasteiger charge is -2.15. The van der Waals surface area contributed by atoms with Crippen LogP contribution in [-0.2, 0) is 4.79 Å². The number of hydrogen-bond acceptors (Lipinski definition) is 2. The minimum Gasteiger partial charge on any atom is -0.492 e. The zero-order chi connectivity index (χ0) is 12.7. The van der Waals surface area contributed by atoms with E-state index in [1.165, 1.54) is 18.2 Å². The van der Waals surface area contributed by atoms with Crippen LogP contribution in [0.2, 0.25) is 0 Å². The van der Waals surface area contributed by atoms with E-state index in [9.17, 15) is 9.18 Å². The molecular weight excluding hydrogens is 221 g/mol. The van der Waals surface area contributed by atoms with E-state index in [-0.39, 0.29) is 11.7 Å². The molecule has 0 unspecified atom stereocenters. The van der Waals surface area contributed by atoms with Gasteiger partial charge >= 0.3 is 0 Å². The molecule has 0 heterocycles. The molecule has 92 valence electrons. The number of carbonyl (C=O) groups excluding carboxylic acids is 1. The predicted molar refractivity (Wildman–Crippen MR) is 64.3 cm³/mol. The number of rotatable bonds is 5. The van der Waals surface area contributed by atoms with Crippen LogP contribution in [0.4, 0.5) is 4.39 Å². The summed E-state index contributed by atoms with van der Waals surface area (Å²) in [6.07, 6.45) is 3.19. The van der Waals surface area contributed by atoms with Crippen molar-refractivity contribution in [2.75, 3.05) is 20.2 Å². The van der Waals surface area contributed by atoms with Gasteiger partial charge in [0.2, 0.25) is 5.91 Å². The molecule has 0 aliphatic heterocycles. The third kappa shape index (κ3) is 4.68. The minimum absolute atomic E-state index is 0.0600. The summed E-state index contributed by atoms with van der Waals surface area (Å²) < 4.78 is 18.0. The Labute approximate surface area is 100 Å². The summed E-state index contributed by atoms with van der Waals surface area (Å²) in [4.78, 5) is 12.9. The Morgan fingerprint density at radius 1 is 1.41 bits per heavy atom. The minimum atomic E-state index is -0.294. The third-order valence-corrected chi connectivity index (χ3v) is 2.19. The van der Waals surface area contributed by atoms with Crippen LogP contribution in [0.5, 0.6) is 5.75 Å². The topological polar surface area (TPSA) is 29.5 Å². The Balaban J connectivity index is 2.32. The average Bonchev–Trinajstić information content (AvgIpc) is 2.32. The van der Waals surface area contributed by atoms with Crippen LogP contribution in [0.3, 0.4) is 0 Å². The SMILES string of the molecule is CC=CC(=O)N(C)CCOc1ccc(F)cc1. The molecule has 0 radical (unpaired) electrons. The second-order valence-electron chi connectivity index (χ2n) is 3.56.